The summed E-state index contributed by atoms with van der Waals surface area (Å²) in [5.74, 6) is 0.0886. The summed E-state index contributed by atoms with van der Waals surface area (Å²) < 4.78 is 21.1. The number of nitrogens with zero attached hydrogens (tertiary/aromatic N) is 2. The number of rotatable bonds is 11. The van der Waals surface area contributed by atoms with Crippen LogP contribution >= 0.6 is 22.6 Å². The van der Waals surface area contributed by atoms with Crippen LogP contribution in [0, 0.1) is 5.82 Å². The Morgan fingerprint density at radius 3 is 2.62 bits per heavy atom. The molecule has 0 fully saturated rings. The number of unbranched alkanes of at least 4 members (excludes halogenated alkanes) is 1. The van der Waals surface area contributed by atoms with Gasteiger partial charge in [-0.2, -0.15) is 4.98 Å². The molecule has 2 aromatic carbocycles. The van der Waals surface area contributed by atoms with Crippen LogP contribution < -0.4 is 20.7 Å². The molecule has 0 aliphatic carbocycles. The van der Waals surface area contributed by atoms with E-state index in [2.05, 4.69) is 55.1 Å². The fraction of sp³-hybridized carbons (Fsp3) is 0.174. The molecule has 7 nitrogen and oxygen atoms in total. The van der Waals surface area contributed by atoms with Crippen molar-refractivity contribution in [1.29, 1.82) is 0 Å². The second-order valence-electron chi connectivity index (χ2n) is 6.68. The topological polar surface area (TPSA) is 88.2 Å². The zero-order chi connectivity index (χ0) is 22.8. The number of carbonyl (C=O) groups excluding carboxylic acids is 1. The Kier molecular flexibility index (Phi) is 8.79. The summed E-state index contributed by atoms with van der Waals surface area (Å²) in [7, 11) is 0. The molecule has 0 spiro atoms. The number of halogens is 2. The van der Waals surface area contributed by atoms with E-state index in [0.29, 0.717) is 18.0 Å². The second-order valence-corrected chi connectivity index (χ2v) is 7.76. The van der Waals surface area contributed by atoms with Crippen molar-refractivity contribution >= 4 is 57.3 Å². The standard InChI is InChI=1S/C23H23FIN5O2/c1-2-21(31)27-17-6-5-7-18(14-17)28-22-20(24)15-26-23(30-22)29-16-8-10-19(11-9-16)32-13-4-3-12-25/h2,5-11,14-15H,1,3-4,12-13H2,(H,27,31)(H2,26,28,29,30). The zero-order valence-corrected chi connectivity index (χ0v) is 19.4. The Labute approximate surface area is 199 Å². The number of hydrogen-bond acceptors (Lipinski definition) is 6. The second kappa shape index (κ2) is 12.0. The molecule has 0 aliphatic rings. The summed E-state index contributed by atoms with van der Waals surface area (Å²) in [6, 6.07) is 14.2. The van der Waals surface area contributed by atoms with E-state index in [1.54, 1.807) is 24.3 Å². The highest BCUT2D eigenvalue weighted by Gasteiger charge is 2.09. The molecule has 1 heterocycles. The van der Waals surface area contributed by atoms with Crippen LogP contribution in [0.5, 0.6) is 5.75 Å². The van der Waals surface area contributed by atoms with E-state index in [0.717, 1.165) is 34.9 Å². The van der Waals surface area contributed by atoms with Gasteiger partial charge in [0.25, 0.3) is 0 Å². The van der Waals surface area contributed by atoms with Gasteiger partial charge in [-0.25, -0.2) is 9.37 Å². The summed E-state index contributed by atoms with van der Waals surface area (Å²) in [5, 5.41) is 8.61. The van der Waals surface area contributed by atoms with Gasteiger partial charge in [0.1, 0.15) is 5.75 Å². The molecule has 3 aromatic rings. The van der Waals surface area contributed by atoms with E-state index >= 15 is 0 Å². The van der Waals surface area contributed by atoms with Crippen molar-refractivity contribution in [3.05, 3.63) is 73.2 Å². The number of carbonyl (C=O) groups is 1. The molecule has 0 saturated heterocycles. The Morgan fingerprint density at radius 1 is 1.09 bits per heavy atom. The van der Waals surface area contributed by atoms with Gasteiger partial charge in [-0.1, -0.05) is 35.2 Å². The first-order valence-corrected chi connectivity index (χ1v) is 11.5. The molecule has 1 amide bonds. The predicted octanol–water partition coefficient (Wildman–Crippen LogP) is 5.82. The van der Waals surface area contributed by atoms with E-state index in [1.165, 1.54) is 6.08 Å². The molecule has 0 saturated carbocycles. The highest BCUT2D eigenvalue weighted by atomic mass is 127. The number of hydrogen-bond donors (Lipinski definition) is 3. The van der Waals surface area contributed by atoms with Crippen LogP contribution in [-0.4, -0.2) is 26.9 Å². The predicted molar refractivity (Wildman–Crippen MR) is 134 cm³/mol. The molecular formula is C23H23FIN5O2. The van der Waals surface area contributed by atoms with Crippen molar-refractivity contribution in [2.24, 2.45) is 0 Å². The van der Waals surface area contributed by atoms with Gasteiger partial charge in [0.2, 0.25) is 11.9 Å². The van der Waals surface area contributed by atoms with Crippen LogP contribution in [0.4, 0.5) is 33.2 Å². The molecular weight excluding hydrogens is 524 g/mol. The molecule has 1 aromatic heterocycles. The fourth-order valence-corrected chi connectivity index (χ4v) is 3.21. The van der Waals surface area contributed by atoms with E-state index in [4.69, 9.17) is 4.74 Å². The lowest BCUT2D eigenvalue weighted by molar-refractivity contribution is -0.111. The van der Waals surface area contributed by atoms with Gasteiger partial charge in [-0.3, -0.25) is 4.79 Å². The van der Waals surface area contributed by atoms with Crippen LogP contribution in [0.25, 0.3) is 0 Å². The number of anilines is 5. The Morgan fingerprint density at radius 2 is 1.88 bits per heavy atom. The molecule has 0 atom stereocenters. The van der Waals surface area contributed by atoms with Crippen LogP contribution in [0.1, 0.15) is 12.8 Å². The molecule has 0 aliphatic heterocycles. The van der Waals surface area contributed by atoms with E-state index in [9.17, 15) is 9.18 Å². The largest absolute Gasteiger partial charge is 0.494 e. The monoisotopic (exact) mass is 547 g/mol. The lowest BCUT2D eigenvalue weighted by atomic mass is 10.2. The summed E-state index contributed by atoms with van der Waals surface area (Å²) in [6.07, 6.45) is 4.41. The van der Waals surface area contributed by atoms with Gasteiger partial charge in [0, 0.05) is 17.1 Å². The normalized spacial score (nSPS) is 10.3. The van der Waals surface area contributed by atoms with Crippen molar-refractivity contribution in [3.8, 4) is 5.75 Å². The van der Waals surface area contributed by atoms with Gasteiger partial charge in [0.05, 0.1) is 12.8 Å². The third kappa shape index (κ3) is 7.19. The van der Waals surface area contributed by atoms with E-state index in [-0.39, 0.29) is 17.7 Å². The number of aromatic nitrogens is 2. The van der Waals surface area contributed by atoms with Crippen LogP contribution in [0.3, 0.4) is 0 Å². The first-order chi connectivity index (χ1) is 15.6. The number of nitrogens with one attached hydrogen (secondary N) is 3. The van der Waals surface area contributed by atoms with Crippen LogP contribution in [0.2, 0.25) is 0 Å². The quantitative estimate of drug-likeness (QED) is 0.121. The van der Waals surface area contributed by atoms with Crippen molar-refractivity contribution in [3.63, 3.8) is 0 Å². The van der Waals surface area contributed by atoms with Gasteiger partial charge >= 0.3 is 0 Å². The first-order valence-electron chi connectivity index (χ1n) is 9.96. The lowest BCUT2D eigenvalue weighted by Crippen LogP contribution is -2.07. The summed E-state index contributed by atoms with van der Waals surface area (Å²) >= 11 is 2.35. The van der Waals surface area contributed by atoms with E-state index in [1.807, 2.05) is 24.3 Å². The highest BCUT2D eigenvalue weighted by molar-refractivity contribution is 14.1. The van der Waals surface area contributed by atoms with Crippen molar-refractivity contribution in [2.45, 2.75) is 12.8 Å². The Balaban J connectivity index is 1.65. The van der Waals surface area contributed by atoms with Gasteiger partial charge in [0.15, 0.2) is 11.6 Å². The van der Waals surface area contributed by atoms with Crippen molar-refractivity contribution in [2.75, 3.05) is 27.0 Å². The number of benzene rings is 2. The minimum absolute atomic E-state index is 0.00455. The maximum atomic E-state index is 14.3. The molecule has 32 heavy (non-hydrogen) atoms. The average Bonchev–Trinajstić information content (AvgIpc) is 2.80. The smallest absolute Gasteiger partial charge is 0.247 e. The molecule has 166 valence electrons. The van der Waals surface area contributed by atoms with Crippen molar-refractivity contribution in [1.82, 2.24) is 9.97 Å². The van der Waals surface area contributed by atoms with Crippen molar-refractivity contribution < 1.29 is 13.9 Å². The third-order valence-electron chi connectivity index (χ3n) is 4.23. The van der Waals surface area contributed by atoms with Gasteiger partial charge < -0.3 is 20.7 Å². The Bertz CT molecular complexity index is 1060. The minimum Gasteiger partial charge on any atom is -0.494 e. The number of amides is 1. The first kappa shape index (κ1) is 23.5. The molecule has 3 rings (SSSR count). The average molecular weight is 547 g/mol. The lowest BCUT2D eigenvalue weighted by Gasteiger charge is -2.11. The van der Waals surface area contributed by atoms with Gasteiger partial charge in [-0.05, 0) is 65.8 Å². The maximum absolute atomic E-state index is 14.3. The van der Waals surface area contributed by atoms with E-state index < -0.39 is 5.82 Å². The molecule has 3 N–H and O–H groups in total. The summed E-state index contributed by atoms with van der Waals surface area (Å²) in [6.45, 7) is 4.10. The minimum atomic E-state index is -0.605. The molecule has 0 unspecified atom stereocenters. The zero-order valence-electron chi connectivity index (χ0n) is 17.3. The summed E-state index contributed by atoms with van der Waals surface area (Å²) in [5.41, 5.74) is 1.85. The van der Waals surface area contributed by atoms with Crippen LogP contribution in [0.15, 0.2) is 67.4 Å². The molecule has 9 heteroatoms. The SMILES string of the molecule is C=CC(=O)Nc1cccc(Nc2nc(Nc3ccc(OCCCCI)cc3)ncc2F)c1. The van der Waals surface area contributed by atoms with Gasteiger partial charge in [-0.15, -0.1) is 0 Å². The third-order valence-corrected chi connectivity index (χ3v) is 4.99. The number of alkyl halides is 1. The maximum Gasteiger partial charge on any atom is 0.247 e. The fourth-order valence-electron chi connectivity index (χ4n) is 2.67. The number of ether oxygens (including phenoxy) is 1. The molecule has 0 bridgehead atoms. The Hall–Kier alpha value is -3.21. The summed E-state index contributed by atoms with van der Waals surface area (Å²) in [4.78, 5) is 19.7. The van der Waals surface area contributed by atoms with Crippen LogP contribution in [-0.2, 0) is 4.79 Å². The molecule has 0 radical (unpaired) electrons. The highest BCUT2D eigenvalue weighted by Crippen LogP contribution is 2.23.